The Morgan fingerprint density at radius 3 is 2.75 bits per heavy atom. The fourth-order valence-electron chi connectivity index (χ4n) is 2.80. The molecule has 20 heavy (non-hydrogen) atoms. The van der Waals surface area contributed by atoms with Crippen molar-refractivity contribution < 1.29 is 9.50 Å². The molecule has 0 amide bonds. The molecule has 3 nitrogen and oxygen atoms in total. The molecule has 0 unspecified atom stereocenters. The molecule has 1 aromatic heterocycles. The number of benzene rings is 1. The molecule has 104 valence electrons. The summed E-state index contributed by atoms with van der Waals surface area (Å²) in [5.41, 5.74) is 2.09. The topological polar surface area (TPSA) is 46.0 Å². The number of hydrogen-bond acceptors (Lipinski definition) is 3. The smallest absolute Gasteiger partial charge is 0.159 e. The highest BCUT2D eigenvalue weighted by atomic mass is 19.1. The van der Waals surface area contributed by atoms with Crippen LogP contribution < -0.4 is 0 Å². The van der Waals surface area contributed by atoms with Crippen molar-refractivity contribution in [3.8, 4) is 11.4 Å². The molecule has 1 saturated carbocycles. The van der Waals surface area contributed by atoms with E-state index >= 15 is 0 Å². The van der Waals surface area contributed by atoms with Crippen LogP contribution in [0.15, 0.2) is 30.5 Å². The van der Waals surface area contributed by atoms with Crippen LogP contribution in [-0.2, 0) is 6.61 Å². The molecule has 0 radical (unpaired) electrons. The van der Waals surface area contributed by atoms with Gasteiger partial charge in [0.25, 0.3) is 0 Å². The Labute approximate surface area is 117 Å². The van der Waals surface area contributed by atoms with Crippen LogP contribution in [0.2, 0.25) is 0 Å². The lowest BCUT2D eigenvalue weighted by Crippen LogP contribution is -2.00. The molecule has 1 fully saturated rings. The Kier molecular flexibility index (Phi) is 3.74. The highest BCUT2D eigenvalue weighted by molar-refractivity contribution is 5.56. The lowest BCUT2D eigenvalue weighted by molar-refractivity contribution is 0.276. The van der Waals surface area contributed by atoms with Crippen LogP contribution in [0.3, 0.4) is 0 Å². The number of aliphatic hydroxyl groups excluding tert-OH is 1. The predicted octanol–water partition coefficient (Wildman–Crippen LogP) is 3.43. The van der Waals surface area contributed by atoms with Gasteiger partial charge in [-0.05, 0) is 37.1 Å². The summed E-state index contributed by atoms with van der Waals surface area (Å²) in [7, 11) is 0. The zero-order chi connectivity index (χ0) is 13.9. The van der Waals surface area contributed by atoms with Crippen LogP contribution in [-0.4, -0.2) is 15.1 Å². The van der Waals surface area contributed by atoms with E-state index in [9.17, 15) is 4.39 Å². The van der Waals surface area contributed by atoms with Gasteiger partial charge in [-0.2, -0.15) is 0 Å². The second kappa shape index (κ2) is 5.67. The molecule has 1 aromatic carbocycles. The Bertz CT molecular complexity index is 609. The van der Waals surface area contributed by atoms with E-state index in [1.807, 2.05) is 6.07 Å². The summed E-state index contributed by atoms with van der Waals surface area (Å²) in [6, 6.07) is 6.59. The summed E-state index contributed by atoms with van der Waals surface area (Å²) in [4.78, 5) is 8.89. The number of hydrogen-bond donors (Lipinski definition) is 1. The molecular weight excluding hydrogens is 255 g/mol. The molecular formula is C16H17FN2O. The number of halogens is 1. The summed E-state index contributed by atoms with van der Waals surface area (Å²) in [6.07, 6.45) is 6.64. The molecule has 4 heteroatoms. The second-order valence-electron chi connectivity index (χ2n) is 5.25. The summed E-state index contributed by atoms with van der Waals surface area (Å²) in [5, 5.41) is 9.14. The molecule has 0 saturated heterocycles. The van der Waals surface area contributed by atoms with Gasteiger partial charge in [-0.1, -0.05) is 12.8 Å². The fourth-order valence-corrected chi connectivity index (χ4v) is 2.80. The van der Waals surface area contributed by atoms with Gasteiger partial charge in [0.2, 0.25) is 0 Å². The number of nitrogens with zero attached hydrogens (tertiary/aromatic N) is 2. The number of rotatable bonds is 3. The van der Waals surface area contributed by atoms with E-state index in [2.05, 4.69) is 9.97 Å². The second-order valence-corrected chi connectivity index (χ2v) is 5.25. The summed E-state index contributed by atoms with van der Waals surface area (Å²) >= 11 is 0. The molecule has 0 bridgehead atoms. The first kappa shape index (κ1) is 13.2. The van der Waals surface area contributed by atoms with Gasteiger partial charge in [0.1, 0.15) is 5.82 Å². The molecule has 1 heterocycles. The van der Waals surface area contributed by atoms with E-state index in [0.717, 1.165) is 11.3 Å². The first-order valence-corrected chi connectivity index (χ1v) is 7.00. The van der Waals surface area contributed by atoms with Crippen LogP contribution in [0.5, 0.6) is 0 Å². The van der Waals surface area contributed by atoms with Crippen molar-refractivity contribution in [3.63, 3.8) is 0 Å². The normalized spacial score (nSPS) is 15.7. The first-order valence-electron chi connectivity index (χ1n) is 7.00. The van der Waals surface area contributed by atoms with Crippen LogP contribution in [0, 0.1) is 5.82 Å². The van der Waals surface area contributed by atoms with Crippen molar-refractivity contribution in [3.05, 3.63) is 47.5 Å². The third kappa shape index (κ3) is 2.56. The van der Waals surface area contributed by atoms with Crippen molar-refractivity contribution >= 4 is 0 Å². The Morgan fingerprint density at radius 2 is 2.00 bits per heavy atom. The Hall–Kier alpha value is -1.81. The maximum absolute atomic E-state index is 13.4. The standard InChI is InChI=1S/C16H17FN2O/c17-14-6-5-12(9-13(14)10-20)16-18-8-7-15(19-16)11-3-1-2-4-11/h5-9,11,20H,1-4,10H2. The lowest BCUT2D eigenvalue weighted by Gasteiger charge is -2.10. The third-order valence-corrected chi connectivity index (χ3v) is 3.92. The first-order chi connectivity index (χ1) is 9.78. The monoisotopic (exact) mass is 272 g/mol. The van der Waals surface area contributed by atoms with Crippen molar-refractivity contribution in [1.29, 1.82) is 0 Å². The zero-order valence-corrected chi connectivity index (χ0v) is 11.2. The highest BCUT2D eigenvalue weighted by Crippen LogP contribution is 2.33. The number of aromatic nitrogens is 2. The third-order valence-electron chi connectivity index (χ3n) is 3.92. The van der Waals surface area contributed by atoms with Crippen molar-refractivity contribution in [2.75, 3.05) is 0 Å². The summed E-state index contributed by atoms with van der Waals surface area (Å²) in [5.74, 6) is 0.724. The van der Waals surface area contributed by atoms with Crippen molar-refractivity contribution in [2.24, 2.45) is 0 Å². The minimum atomic E-state index is -0.400. The van der Waals surface area contributed by atoms with Gasteiger partial charge >= 0.3 is 0 Å². The molecule has 1 aliphatic rings. The van der Waals surface area contributed by atoms with Crippen LogP contribution in [0.4, 0.5) is 4.39 Å². The molecule has 0 atom stereocenters. The van der Waals surface area contributed by atoms with E-state index in [-0.39, 0.29) is 12.2 Å². The number of aliphatic hydroxyl groups is 1. The van der Waals surface area contributed by atoms with Gasteiger partial charge in [-0.3, -0.25) is 0 Å². The van der Waals surface area contributed by atoms with Gasteiger partial charge in [-0.25, -0.2) is 14.4 Å². The minimum absolute atomic E-state index is 0.275. The van der Waals surface area contributed by atoms with Gasteiger partial charge < -0.3 is 5.11 Å². The van der Waals surface area contributed by atoms with Crippen LogP contribution in [0.1, 0.15) is 42.9 Å². The van der Waals surface area contributed by atoms with Crippen molar-refractivity contribution in [2.45, 2.75) is 38.2 Å². The van der Waals surface area contributed by atoms with E-state index < -0.39 is 5.82 Å². The van der Waals surface area contributed by atoms with E-state index in [1.165, 1.54) is 31.7 Å². The fraction of sp³-hybridized carbons (Fsp3) is 0.375. The quantitative estimate of drug-likeness (QED) is 0.931. The SMILES string of the molecule is OCc1cc(-c2nccc(C3CCCC3)n2)ccc1F. The van der Waals surface area contributed by atoms with Crippen LogP contribution >= 0.6 is 0 Å². The lowest BCUT2D eigenvalue weighted by atomic mass is 10.0. The molecule has 1 aliphatic carbocycles. The maximum atomic E-state index is 13.4. The zero-order valence-electron chi connectivity index (χ0n) is 11.2. The van der Waals surface area contributed by atoms with Gasteiger partial charge in [0.05, 0.1) is 6.61 Å². The molecule has 3 rings (SSSR count). The summed E-state index contributed by atoms with van der Waals surface area (Å²) in [6.45, 7) is -0.317. The Balaban J connectivity index is 1.95. The molecule has 2 aromatic rings. The summed E-state index contributed by atoms with van der Waals surface area (Å²) < 4.78 is 13.4. The largest absolute Gasteiger partial charge is 0.392 e. The van der Waals surface area contributed by atoms with Crippen LogP contribution in [0.25, 0.3) is 11.4 Å². The van der Waals surface area contributed by atoms with Crippen molar-refractivity contribution in [1.82, 2.24) is 9.97 Å². The van der Waals surface area contributed by atoms with Gasteiger partial charge in [0, 0.05) is 28.9 Å². The van der Waals surface area contributed by atoms with E-state index in [4.69, 9.17) is 5.11 Å². The highest BCUT2D eigenvalue weighted by Gasteiger charge is 2.19. The van der Waals surface area contributed by atoms with E-state index in [1.54, 1.807) is 18.3 Å². The molecule has 0 spiro atoms. The van der Waals surface area contributed by atoms with Gasteiger partial charge in [0.15, 0.2) is 5.82 Å². The Morgan fingerprint density at radius 1 is 1.20 bits per heavy atom. The van der Waals surface area contributed by atoms with Gasteiger partial charge in [-0.15, -0.1) is 0 Å². The average molecular weight is 272 g/mol. The molecule has 0 aliphatic heterocycles. The predicted molar refractivity (Wildman–Crippen MR) is 74.6 cm³/mol. The van der Waals surface area contributed by atoms with E-state index in [0.29, 0.717) is 11.7 Å². The molecule has 1 N–H and O–H groups in total. The minimum Gasteiger partial charge on any atom is -0.392 e. The maximum Gasteiger partial charge on any atom is 0.159 e. The average Bonchev–Trinajstić information content (AvgIpc) is 3.02.